The number of nitrogens with one attached hydrogen (secondary N) is 1. The first kappa shape index (κ1) is 19.0. The number of fused-ring (bicyclic) bond motifs is 1. The minimum atomic E-state index is -4.97. The van der Waals surface area contributed by atoms with Crippen molar-refractivity contribution in [2.24, 2.45) is 0 Å². The number of rotatable bonds is 4. The van der Waals surface area contributed by atoms with E-state index in [0.29, 0.717) is 23.4 Å². The van der Waals surface area contributed by atoms with Crippen LogP contribution in [0, 0.1) is 0 Å². The molecule has 2 amide bonds. The van der Waals surface area contributed by atoms with Crippen LogP contribution in [0.25, 0.3) is 0 Å². The lowest BCUT2D eigenvalue weighted by molar-refractivity contribution is -0.170. The molecule has 1 unspecified atom stereocenters. The molecule has 2 rings (SSSR count). The molecule has 1 aliphatic rings. The molecule has 1 N–H and O–H groups in total. The van der Waals surface area contributed by atoms with Gasteiger partial charge in [-0.3, -0.25) is 9.59 Å². The number of amides is 2. The van der Waals surface area contributed by atoms with Crippen molar-refractivity contribution < 1.29 is 22.8 Å². The van der Waals surface area contributed by atoms with E-state index in [1.807, 2.05) is 19.0 Å². The fourth-order valence-electron chi connectivity index (χ4n) is 2.66. The molecule has 5 nitrogen and oxygen atoms in total. The zero-order valence-electron chi connectivity index (χ0n) is 14.0. The minimum absolute atomic E-state index is 0.220. The number of anilines is 1. The first-order valence-corrected chi connectivity index (χ1v) is 7.77. The lowest BCUT2D eigenvalue weighted by Crippen LogP contribution is -2.53. The Morgan fingerprint density at radius 3 is 2.64 bits per heavy atom. The van der Waals surface area contributed by atoms with Crippen LogP contribution >= 0.6 is 0 Å². The number of alkyl halides is 3. The number of para-hydroxylation sites is 1. The standard InChI is InChI=1S/C17H20F3N3O2/c1-22(2)9-5-8-15(24)21-13-10-12-6-3-4-7-14(12)23(11-13)16(25)17(18,19)20/h3-8,13H,9-11H2,1-2H3,(H,21,24)/b8-5+. The molecule has 0 saturated heterocycles. The number of halogens is 3. The summed E-state index contributed by atoms with van der Waals surface area (Å²) in [5.41, 5.74) is 0.826. The molecular formula is C17H20F3N3O2. The second-order valence-electron chi connectivity index (χ2n) is 6.12. The van der Waals surface area contributed by atoms with Gasteiger partial charge in [0.2, 0.25) is 5.91 Å². The van der Waals surface area contributed by atoms with Gasteiger partial charge in [0.1, 0.15) is 0 Å². The maximum atomic E-state index is 12.9. The molecule has 0 bridgehead atoms. The van der Waals surface area contributed by atoms with Crippen molar-refractivity contribution in [1.29, 1.82) is 0 Å². The zero-order chi connectivity index (χ0) is 18.6. The summed E-state index contributed by atoms with van der Waals surface area (Å²) in [6.45, 7) is 0.349. The topological polar surface area (TPSA) is 52.7 Å². The quantitative estimate of drug-likeness (QED) is 0.837. The summed E-state index contributed by atoms with van der Waals surface area (Å²) in [5.74, 6) is -2.33. The van der Waals surface area contributed by atoms with E-state index < -0.39 is 24.0 Å². The maximum absolute atomic E-state index is 12.9. The van der Waals surface area contributed by atoms with Gasteiger partial charge >= 0.3 is 12.1 Å². The van der Waals surface area contributed by atoms with Crippen LogP contribution < -0.4 is 10.2 Å². The third-order valence-electron chi connectivity index (χ3n) is 3.73. The number of likely N-dealkylation sites (N-methyl/N-ethyl adjacent to an activating group) is 1. The van der Waals surface area contributed by atoms with Gasteiger partial charge in [-0.25, -0.2) is 0 Å². The highest BCUT2D eigenvalue weighted by Gasteiger charge is 2.45. The number of benzene rings is 1. The Bertz CT molecular complexity index is 671. The van der Waals surface area contributed by atoms with Crippen molar-refractivity contribution in [2.75, 3.05) is 32.1 Å². The van der Waals surface area contributed by atoms with Crippen LogP contribution in [0.3, 0.4) is 0 Å². The van der Waals surface area contributed by atoms with Gasteiger partial charge in [-0.2, -0.15) is 13.2 Å². The van der Waals surface area contributed by atoms with Crippen LogP contribution in [-0.4, -0.2) is 56.1 Å². The summed E-state index contributed by atoms with van der Waals surface area (Å²) >= 11 is 0. The lowest BCUT2D eigenvalue weighted by Gasteiger charge is -2.35. The van der Waals surface area contributed by atoms with Gasteiger partial charge in [0.05, 0.1) is 6.04 Å². The predicted octanol–water partition coefficient (Wildman–Crippen LogP) is 1.74. The molecule has 1 heterocycles. The Hall–Kier alpha value is -2.35. The number of hydrogen-bond donors (Lipinski definition) is 1. The summed E-state index contributed by atoms with van der Waals surface area (Å²) in [5, 5.41) is 2.66. The molecule has 25 heavy (non-hydrogen) atoms. The van der Waals surface area contributed by atoms with E-state index in [-0.39, 0.29) is 12.2 Å². The van der Waals surface area contributed by atoms with Gasteiger partial charge in [-0.05, 0) is 32.1 Å². The van der Waals surface area contributed by atoms with Gasteiger partial charge in [-0.1, -0.05) is 24.3 Å². The second-order valence-corrected chi connectivity index (χ2v) is 6.12. The molecule has 1 aromatic carbocycles. The largest absolute Gasteiger partial charge is 0.471 e. The molecule has 8 heteroatoms. The van der Waals surface area contributed by atoms with Crippen molar-refractivity contribution in [3.05, 3.63) is 42.0 Å². The molecule has 0 radical (unpaired) electrons. The van der Waals surface area contributed by atoms with Gasteiger partial charge in [0.15, 0.2) is 0 Å². The summed E-state index contributed by atoms with van der Waals surface area (Å²) in [4.78, 5) is 26.2. The third kappa shape index (κ3) is 5.06. The Kier molecular flexibility index (Phi) is 5.84. The smallest absolute Gasteiger partial charge is 0.348 e. The van der Waals surface area contributed by atoms with Crippen LogP contribution in [0.1, 0.15) is 5.56 Å². The van der Waals surface area contributed by atoms with Crippen molar-refractivity contribution >= 4 is 17.5 Å². The molecule has 1 atom stereocenters. The van der Waals surface area contributed by atoms with Gasteiger partial charge in [0.25, 0.3) is 0 Å². The monoisotopic (exact) mass is 355 g/mol. The Morgan fingerprint density at radius 1 is 1.32 bits per heavy atom. The van der Waals surface area contributed by atoms with Crippen LogP contribution in [0.5, 0.6) is 0 Å². The molecule has 0 fully saturated rings. The van der Waals surface area contributed by atoms with E-state index in [1.165, 1.54) is 12.1 Å². The number of hydrogen-bond acceptors (Lipinski definition) is 3. The van der Waals surface area contributed by atoms with Crippen LogP contribution in [-0.2, 0) is 16.0 Å². The SMILES string of the molecule is CN(C)C/C=C/C(=O)NC1Cc2ccccc2N(C(=O)C(F)(F)F)C1. The predicted molar refractivity (Wildman–Crippen MR) is 88.2 cm³/mol. The molecule has 1 aromatic rings. The van der Waals surface area contributed by atoms with Crippen molar-refractivity contribution in [3.8, 4) is 0 Å². The van der Waals surface area contributed by atoms with E-state index >= 15 is 0 Å². The van der Waals surface area contributed by atoms with Crippen LogP contribution in [0.2, 0.25) is 0 Å². The summed E-state index contributed by atoms with van der Waals surface area (Å²) in [6.07, 6.45) is -1.60. The van der Waals surface area contributed by atoms with Gasteiger partial charge in [0, 0.05) is 24.9 Å². The lowest BCUT2D eigenvalue weighted by atomic mass is 9.97. The van der Waals surface area contributed by atoms with E-state index in [2.05, 4.69) is 5.32 Å². The van der Waals surface area contributed by atoms with Gasteiger partial charge in [-0.15, -0.1) is 0 Å². The number of carbonyl (C=O) groups excluding carboxylic acids is 2. The highest BCUT2D eigenvalue weighted by atomic mass is 19.4. The fourth-order valence-corrected chi connectivity index (χ4v) is 2.66. The average molecular weight is 355 g/mol. The van der Waals surface area contributed by atoms with Crippen molar-refractivity contribution in [1.82, 2.24) is 10.2 Å². The second kappa shape index (κ2) is 7.69. The molecule has 136 valence electrons. The maximum Gasteiger partial charge on any atom is 0.471 e. The number of nitrogens with zero attached hydrogens (tertiary/aromatic N) is 2. The Morgan fingerprint density at radius 2 is 2.00 bits per heavy atom. The molecule has 0 spiro atoms. The summed E-state index contributed by atoms with van der Waals surface area (Å²) in [6, 6.07) is 5.83. The van der Waals surface area contributed by atoms with E-state index in [4.69, 9.17) is 0 Å². The summed E-state index contributed by atoms with van der Waals surface area (Å²) < 4.78 is 38.6. The fraction of sp³-hybridized carbons (Fsp3) is 0.412. The van der Waals surface area contributed by atoms with Gasteiger partial charge < -0.3 is 15.1 Å². The molecule has 0 saturated carbocycles. The van der Waals surface area contributed by atoms with Crippen molar-refractivity contribution in [2.45, 2.75) is 18.6 Å². The number of carbonyl (C=O) groups is 2. The first-order chi connectivity index (χ1) is 11.7. The average Bonchev–Trinajstić information content (AvgIpc) is 2.52. The normalized spacial score (nSPS) is 17.7. The van der Waals surface area contributed by atoms with Crippen molar-refractivity contribution in [3.63, 3.8) is 0 Å². The first-order valence-electron chi connectivity index (χ1n) is 7.77. The van der Waals surface area contributed by atoms with Crippen LogP contribution in [0.15, 0.2) is 36.4 Å². The highest BCUT2D eigenvalue weighted by molar-refractivity contribution is 5.98. The van der Waals surface area contributed by atoms with Crippen LogP contribution in [0.4, 0.5) is 18.9 Å². The zero-order valence-corrected chi connectivity index (χ0v) is 14.0. The van der Waals surface area contributed by atoms with E-state index in [9.17, 15) is 22.8 Å². The van der Waals surface area contributed by atoms with E-state index in [0.717, 1.165) is 0 Å². The molecule has 0 aliphatic carbocycles. The molecule has 0 aromatic heterocycles. The third-order valence-corrected chi connectivity index (χ3v) is 3.73. The highest BCUT2D eigenvalue weighted by Crippen LogP contribution is 2.30. The van der Waals surface area contributed by atoms with E-state index in [1.54, 1.807) is 24.3 Å². The molecular weight excluding hydrogens is 335 g/mol. The Labute approximate surface area is 144 Å². The molecule has 1 aliphatic heterocycles. The summed E-state index contributed by atoms with van der Waals surface area (Å²) in [7, 11) is 3.70. The Balaban J connectivity index is 2.14. The minimum Gasteiger partial charge on any atom is -0.348 e.